The van der Waals surface area contributed by atoms with Gasteiger partial charge in [-0.15, -0.1) is 0 Å². The number of hydrogen-bond donors (Lipinski definition) is 2. The smallest absolute Gasteiger partial charge is 0.304 e. The molecule has 0 aliphatic carbocycles. The van der Waals surface area contributed by atoms with Gasteiger partial charge < -0.3 is 5.11 Å². The van der Waals surface area contributed by atoms with E-state index in [9.17, 15) is 4.79 Å². The second-order valence-electron chi connectivity index (χ2n) is 3.53. The molecule has 0 amide bonds. The second kappa shape index (κ2) is 6.07. The Kier molecular flexibility index (Phi) is 5.04. The lowest BCUT2D eigenvalue weighted by Gasteiger charge is -2.14. The lowest BCUT2D eigenvalue weighted by molar-refractivity contribution is -0.137. The Hall–Kier alpha value is -0.620. The van der Waals surface area contributed by atoms with Crippen molar-refractivity contribution in [1.29, 1.82) is 0 Å². The summed E-state index contributed by atoms with van der Waals surface area (Å²) in [5, 5.41) is 8.72. The maximum atomic E-state index is 10.6. The van der Waals surface area contributed by atoms with E-state index in [2.05, 4.69) is 3.53 Å². The van der Waals surface area contributed by atoms with Crippen LogP contribution in [0.2, 0.25) is 0 Å². The molecule has 3 nitrogen and oxygen atoms in total. The zero-order chi connectivity index (χ0) is 11.3. The van der Waals surface area contributed by atoms with Crippen LogP contribution >= 0.6 is 22.9 Å². The average molecular weight is 319 g/mol. The fraction of sp³-hybridized carbons (Fsp3) is 0.364. The Balaban J connectivity index is 2.66. The van der Waals surface area contributed by atoms with Crippen LogP contribution in [0, 0.1) is 6.92 Å². The number of rotatable bonds is 5. The van der Waals surface area contributed by atoms with Gasteiger partial charge in [0, 0.05) is 28.9 Å². The van der Waals surface area contributed by atoms with E-state index in [0.29, 0.717) is 0 Å². The SMILES string of the molecule is Cc1ccccc1CC(CC(=O)O)NI. The van der Waals surface area contributed by atoms with E-state index >= 15 is 0 Å². The zero-order valence-corrected chi connectivity index (χ0v) is 10.7. The van der Waals surface area contributed by atoms with Crippen molar-refractivity contribution in [2.75, 3.05) is 0 Å². The molecular weight excluding hydrogens is 305 g/mol. The van der Waals surface area contributed by atoms with E-state index < -0.39 is 5.97 Å². The molecule has 1 aromatic carbocycles. The number of halogens is 1. The van der Waals surface area contributed by atoms with E-state index in [1.165, 1.54) is 11.1 Å². The molecule has 0 aliphatic heterocycles. The van der Waals surface area contributed by atoms with Crippen molar-refractivity contribution >= 4 is 28.8 Å². The molecule has 0 saturated carbocycles. The van der Waals surface area contributed by atoms with E-state index in [1.54, 1.807) is 0 Å². The molecular formula is C11H14INO2. The van der Waals surface area contributed by atoms with Crippen molar-refractivity contribution in [3.63, 3.8) is 0 Å². The molecule has 1 unspecified atom stereocenters. The van der Waals surface area contributed by atoms with Crippen molar-refractivity contribution in [3.05, 3.63) is 35.4 Å². The van der Waals surface area contributed by atoms with Gasteiger partial charge in [0.1, 0.15) is 0 Å². The van der Waals surface area contributed by atoms with Gasteiger partial charge in [-0.1, -0.05) is 24.3 Å². The van der Waals surface area contributed by atoms with Crippen LogP contribution in [0.1, 0.15) is 17.5 Å². The summed E-state index contributed by atoms with van der Waals surface area (Å²) < 4.78 is 3.00. The van der Waals surface area contributed by atoms with Gasteiger partial charge in [-0.25, -0.2) is 0 Å². The number of carboxylic acids is 1. The molecule has 0 aliphatic rings. The molecule has 82 valence electrons. The third kappa shape index (κ3) is 4.17. The molecule has 1 rings (SSSR count). The van der Waals surface area contributed by atoms with Gasteiger partial charge in [0.25, 0.3) is 0 Å². The van der Waals surface area contributed by atoms with Crippen LogP contribution < -0.4 is 3.53 Å². The summed E-state index contributed by atoms with van der Waals surface area (Å²) in [6.07, 6.45) is 0.902. The largest absolute Gasteiger partial charge is 0.481 e. The van der Waals surface area contributed by atoms with Crippen LogP contribution in [0.15, 0.2) is 24.3 Å². The van der Waals surface area contributed by atoms with Crippen LogP contribution in [0.3, 0.4) is 0 Å². The summed E-state index contributed by atoms with van der Waals surface area (Å²) in [5.74, 6) is -0.766. The van der Waals surface area contributed by atoms with E-state index in [-0.39, 0.29) is 12.5 Å². The summed E-state index contributed by atoms with van der Waals surface area (Å²) in [7, 11) is 0. The molecule has 15 heavy (non-hydrogen) atoms. The van der Waals surface area contributed by atoms with Crippen molar-refractivity contribution in [2.24, 2.45) is 0 Å². The van der Waals surface area contributed by atoms with E-state index in [4.69, 9.17) is 5.11 Å². The molecule has 0 spiro atoms. The molecule has 0 bridgehead atoms. The molecule has 0 heterocycles. The highest BCUT2D eigenvalue weighted by Crippen LogP contribution is 2.12. The number of aliphatic carboxylic acids is 1. The second-order valence-corrected chi connectivity index (χ2v) is 4.16. The van der Waals surface area contributed by atoms with Gasteiger partial charge in [0.05, 0.1) is 6.42 Å². The lowest BCUT2D eigenvalue weighted by Crippen LogP contribution is -2.26. The maximum Gasteiger partial charge on any atom is 0.304 e. The van der Waals surface area contributed by atoms with Gasteiger partial charge in [0.2, 0.25) is 0 Å². The zero-order valence-electron chi connectivity index (χ0n) is 8.53. The highest BCUT2D eigenvalue weighted by Gasteiger charge is 2.12. The molecule has 4 heteroatoms. The molecule has 2 N–H and O–H groups in total. The lowest BCUT2D eigenvalue weighted by atomic mass is 10.00. The van der Waals surface area contributed by atoms with Crippen molar-refractivity contribution in [2.45, 2.75) is 25.8 Å². The normalized spacial score (nSPS) is 12.4. The summed E-state index contributed by atoms with van der Waals surface area (Å²) >= 11 is 2.01. The average Bonchev–Trinajstić information content (AvgIpc) is 2.19. The fourth-order valence-electron chi connectivity index (χ4n) is 1.46. The molecule has 0 radical (unpaired) electrons. The van der Waals surface area contributed by atoms with E-state index in [1.807, 2.05) is 54.1 Å². The Morgan fingerprint density at radius 2 is 2.20 bits per heavy atom. The maximum absolute atomic E-state index is 10.6. The fourth-order valence-corrected chi connectivity index (χ4v) is 1.91. The van der Waals surface area contributed by atoms with Crippen molar-refractivity contribution < 1.29 is 9.90 Å². The Bertz CT molecular complexity index is 341. The molecule has 0 saturated heterocycles. The number of carboxylic acid groups (broad SMARTS) is 1. The number of nitrogens with one attached hydrogen (secondary N) is 1. The summed E-state index contributed by atoms with van der Waals surface area (Å²) in [6, 6.07) is 8.04. The van der Waals surface area contributed by atoms with Gasteiger partial charge in [-0.3, -0.25) is 8.32 Å². The summed E-state index contributed by atoms with van der Waals surface area (Å²) in [5.41, 5.74) is 2.41. The van der Waals surface area contributed by atoms with Crippen molar-refractivity contribution in [3.8, 4) is 0 Å². The quantitative estimate of drug-likeness (QED) is 0.647. The molecule has 1 atom stereocenters. The van der Waals surface area contributed by atoms with Gasteiger partial charge in [-0.05, 0) is 24.5 Å². The Morgan fingerprint density at radius 3 is 2.73 bits per heavy atom. The minimum Gasteiger partial charge on any atom is -0.481 e. The monoisotopic (exact) mass is 319 g/mol. The van der Waals surface area contributed by atoms with Crippen LogP contribution in [0.4, 0.5) is 0 Å². The first-order chi connectivity index (χ1) is 7.13. The van der Waals surface area contributed by atoms with E-state index in [0.717, 1.165) is 6.42 Å². The first kappa shape index (κ1) is 12.4. The molecule has 1 aromatic rings. The van der Waals surface area contributed by atoms with Gasteiger partial charge in [-0.2, -0.15) is 0 Å². The van der Waals surface area contributed by atoms with Crippen LogP contribution in [-0.4, -0.2) is 17.1 Å². The van der Waals surface area contributed by atoms with Crippen molar-refractivity contribution in [1.82, 2.24) is 3.53 Å². The highest BCUT2D eigenvalue weighted by molar-refractivity contribution is 14.1. The van der Waals surface area contributed by atoms with Crippen LogP contribution in [0.5, 0.6) is 0 Å². The Morgan fingerprint density at radius 1 is 1.53 bits per heavy atom. The first-order valence-corrected chi connectivity index (χ1v) is 5.84. The summed E-state index contributed by atoms with van der Waals surface area (Å²) in [4.78, 5) is 10.6. The number of aryl methyl sites for hydroxylation is 1. The standard InChI is InChI=1S/C11H14INO2/c1-8-4-2-3-5-9(8)6-10(13-12)7-11(14)15/h2-5,10,13H,6-7H2,1H3,(H,14,15). The predicted octanol–water partition coefficient (Wildman–Crippen LogP) is 2.32. The number of benzene rings is 1. The highest BCUT2D eigenvalue weighted by atomic mass is 127. The first-order valence-electron chi connectivity index (χ1n) is 4.76. The molecule has 0 fully saturated rings. The number of carbonyl (C=O) groups is 1. The van der Waals surface area contributed by atoms with Crippen LogP contribution in [-0.2, 0) is 11.2 Å². The Labute approximate surface area is 103 Å². The van der Waals surface area contributed by atoms with Gasteiger partial charge >= 0.3 is 5.97 Å². The van der Waals surface area contributed by atoms with Crippen LogP contribution in [0.25, 0.3) is 0 Å². The topological polar surface area (TPSA) is 49.3 Å². The minimum atomic E-state index is -0.766. The predicted molar refractivity (Wildman–Crippen MR) is 68.1 cm³/mol. The summed E-state index contributed by atoms with van der Waals surface area (Å²) in [6.45, 7) is 2.04. The minimum absolute atomic E-state index is 0.0100. The van der Waals surface area contributed by atoms with Gasteiger partial charge in [0.15, 0.2) is 0 Å². The molecule has 0 aromatic heterocycles. The third-order valence-corrected chi connectivity index (χ3v) is 3.18. The number of hydrogen-bond acceptors (Lipinski definition) is 2. The third-order valence-electron chi connectivity index (χ3n) is 2.30.